The highest BCUT2D eigenvalue weighted by Crippen LogP contribution is 2.08. The summed E-state index contributed by atoms with van der Waals surface area (Å²) in [4.78, 5) is 0. The Kier molecular flexibility index (Phi) is 9.68. The van der Waals surface area contributed by atoms with Crippen LogP contribution in [-0.4, -0.2) is 33.3 Å². The number of sulfonamides is 1. The van der Waals surface area contributed by atoms with E-state index in [1.807, 2.05) is 6.92 Å². The minimum Gasteiger partial charge on any atom is -0.317 e. The van der Waals surface area contributed by atoms with Crippen LogP contribution in [0.1, 0.15) is 53.4 Å². The zero-order valence-corrected chi connectivity index (χ0v) is 13.1. The van der Waals surface area contributed by atoms with Gasteiger partial charge in [-0.05, 0) is 45.2 Å². The van der Waals surface area contributed by atoms with E-state index in [0.29, 0.717) is 5.92 Å². The number of rotatable bonds is 11. The van der Waals surface area contributed by atoms with Crippen LogP contribution in [0.5, 0.6) is 0 Å². The molecule has 0 aromatic heterocycles. The first-order valence-corrected chi connectivity index (χ1v) is 8.78. The molecule has 0 bridgehead atoms. The van der Waals surface area contributed by atoms with Crippen molar-refractivity contribution in [2.24, 2.45) is 5.92 Å². The maximum absolute atomic E-state index is 11.8. The predicted octanol–water partition coefficient (Wildman–Crippen LogP) is 2.12. The normalized spacial score (nSPS) is 15.6. The lowest BCUT2D eigenvalue weighted by molar-refractivity contribution is 0.433. The predicted molar refractivity (Wildman–Crippen MR) is 78.2 cm³/mol. The highest BCUT2D eigenvalue weighted by Gasteiger charge is 2.17. The molecule has 0 rings (SSSR count). The van der Waals surface area contributed by atoms with Crippen LogP contribution in [0.4, 0.5) is 0 Å². The van der Waals surface area contributed by atoms with E-state index in [9.17, 15) is 8.42 Å². The molecule has 18 heavy (non-hydrogen) atoms. The van der Waals surface area contributed by atoms with Gasteiger partial charge in [-0.15, -0.1) is 0 Å². The average Bonchev–Trinajstić information content (AvgIpc) is 2.31. The average molecular weight is 278 g/mol. The fourth-order valence-corrected chi connectivity index (χ4v) is 3.16. The van der Waals surface area contributed by atoms with E-state index in [0.717, 1.165) is 38.8 Å². The molecule has 2 atom stereocenters. The number of nitrogens with one attached hydrogen (secondary N) is 2. The summed E-state index contributed by atoms with van der Waals surface area (Å²) in [6.07, 6.45) is 3.74. The molecule has 0 aliphatic heterocycles. The maximum atomic E-state index is 11.8. The van der Waals surface area contributed by atoms with Gasteiger partial charge in [0, 0.05) is 6.04 Å². The molecular formula is C13H30N2O2S. The Labute approximate surface area is 113 Å². The molecule has 0 radical (unpaired) electrons. The van der Waals surface area contributed by atoms with Crippen LogP contribution in [0.15, 0.2) is 0 Å². The van der Waals surface area contributed by atoms with E-state index in [-0.39, 0.29) is 11.8 Å². The first kappa shape index (κ1) is 17.9. The maximum Gasteiger partial charge on any atom is 0.211 e. The Hall–Kier alpha value is -0.130. The first-order chi connectivity index (χ1) is 8.43. The van der Waals surface area contributed by atoms with Crippen LogP contribution in [0.25, 0.3) is 0 Å². The van der Waals surface area contributed by atoms with Crippen molar-refractivity contribution in [1.29, 1.82) is 0 Å². The number of hydrogen-bond acceptors (Lipinski definition) is 3. The van der Waals surface area contributed by atoms with E-state index >= 15 is 0 Å². The fraction of sp³-hybridized carbons (Fsp3) is 1.00. The smallest absolute Gasteiger partial charge is 0.211 e. The Morgan fingerprint density at radius 3 is 2.28 bits per heavy atom. The molecule has 2 N–H and O–H groups in total. The molecule has 4 nitrogen and oxygen atoms in total. The van der Waals surface area contributed by atoms with E-state index in [2.05, 4.69) is 30.8 Å². The van der Waals surface area contributed by atoms with Crippen LogP contribution in [0.2, 0.25) is 0 Å². The summed E-state index contributed by atoms with van der Waals surface area (Å²) in [6, 6.07) is 0.0261. The van der Waals surface area contributed by atoms with Crippen molar-refractivity contribution in [3.8, 4) is 0 Å². The largest absolute Gasteiger partial charge is 0.317 e. The lowest BCUT2D eigenvalue weighted by atomic mass is 10.0. The van der Waals surface area contributed by atoms with E-state index < -0.39 is 10.0 Å². The van der Waals surface area contributed by atoms with Gasteiger partial charge in [-0.25, -0.2) is 13.1 Å². The van der Waals surface area contributed by atoms with E-state index in [1.165, 1.54) is 0 Å². The summed E-state index contributed by atoms with van der Waals surface area (Å²) in [5.41, 5.74) is 0. The second-order valence-corrected chi connectivity index (χ2v) is 6.94. The standard InChI is InChI=1S/C13H30N2O2S/c1-5-9-14-10-7-8-11-18(16,17)15-13(4)12(3)6-2/h12-15H,5-11H2,1-4H3. The van der Waals surface area contributed by atoms with Crippen LogP contribution in [0.3, 0.4) is 0 Å². The van der Waals surface area contributed by atoms with E-state index in [1.54, 1.807) is 0 Å². The molecule has 0 aromatic rings. The molecule has 110 valence electrons. The van der Waals surface area contributed by atoms with Crippen LogP contribution < -0.4 is 10.0 Å². The monoisotopic (exact) mass is 278 g/mol. The lowest BCUT2D eigenvalue weighted by Gasteiger charge is -2.19. The Morgan fingerprint density at radius 2 is 1.72 bits per heavy atom. The number of hydrogen-bond donors (Lipinski definition) is 2. The second-order valence-electron chi connectivity index (χ2n) is 5.07. The van der Waals surface area contributed by atoms with Crippen LogP contribution in [0, 0.1) is 5.92 Å². The van der Waals surface area contributed by atoms with Crippen molar-refractivity contribution < 1.29 is 8.42 Å². The van der Waals surface area contributed by atoms with Gasteiger partial charge < -0.3 is 5.32 Å². The third-order valence-corrected chi connectivity index (χ3v) is 4.86. The topological polar surface area (TPSA) is 58.2 Å². The third kappa shape index (κ3) is 8.89. The van der Waals surface area contributed by atoms with Gasteiger partial charge in [0.2, 0.25) is 10.0 Å². The van der Waals surface area contributed by atoms with Crippen LogP contribution in [-0.2, 0) is 10.0 Å². The summed E-state index contributed by atoms with van der Waals surface area (Å²) in [6.45, 7) is 10.1. The van der Waals surface area contributed by atoms with Crippen molar-refractivity contribution in [3.63, 3.8) is 0 Å². The van der Waals surface area contributed by atoms with Gasteiger partial charge in [0.25, 0.3) is 0 Å². The molecule has 0 saturated carbocycles. The molecule has 0 aliphatic rings. The molecule has 0 heterocycles. The van der Waals surface area contributed by atoms with Crippen molar-refractivity contribution in [2.75, 3.05) is 18.8 Å². The van der Waals surface area contributed by atoms with Gasteiger partial charge in [-0.3, -0.25) is 0 Å². The molecule has 0 spiro atoms. The molecule has 0 saturated heterocycles. The van der Waals surface area contributed by atoms with Gasteiger partial charge in [-0.1, -0.05) is 27.2 Å². The van der Waals surface area contributed by atoms with Crippen molar-refractivity contribution in [2.45, 2.75) is 59.4 Å². The fourth-order valence-electron chi connectivity index (χ4n) is 1.66. The second kappa shape index (κ2) is 9.75. The number of unbranched alkanes of at least 4 members (excludes halogenated alkanes) is 1. The van der Waals surface area contributed by atoms with Gasteiger partial charge >= 0.3 is 0 Å². The zero-order chi connectivity index (χ0) is 14.0. The van der Waals surface area contributed by atoms with Crippen LogP contribution >= 0.6 is 0 Å². The highest BCUT2D eigenvalue weighted by molar-refractivity contribution is 7.89. The zero-order valence-electron chi connectivity index (χ0n) is 12.3. The minimum absolute atomic E-state index is 0.0261. The molecule has 0 aliphatic carbocycles. The van der Waals surface area contributed by atoms with Gasteiger partial charge in [0.05, 0.1) is 5.75 Å². The summed E-state index contributed by atoms with van der Waals surface area (Å²) >= 11 is 0. The Bertz CT molecular complexity index is 291. The third-order valence-electron chi connectivity index (χ3n) is 3.31. The van der Waals surface area contributed by atoms with Crippen molar-refractivity contribution in [1.82, 2.24) is 10.0 Å². The molecule has 2 unspecified atom stereocenters. The van der Waals surface area contributed by atoms with Crippen molar-refractivity contribution >= 4 is 10.0 Å². The van der Waals surface area contributed by atoms with Gasteiger partial charge in [0.15, 0.2) is 0 Å². The van der Waals surface area contributed by atoms with Gasteiger partial charge in [0.1, 0.15) is 0 Å². The minimum atomic E-state index is -3.11. The molecule has 0 aromatic carbocycles. The molecule has 0 fully saturated rings. The summed E-state index contributed by atoms with van der Waals surface area (Å²) in [7, 11) is -3.11. The summed E-state index contributed by atoms with van der Waals surface area (Å²) < 4.78 is 26.4. The molecule has 5 heteroatoms. The SMILES string of the molecule is CCCNCCCCS(=O)(=O)NC(C)C(C)CC. The Balaban J connectivity index is 3.80. The highest BCUT2D eigenvalue weighted by atomic mass is 32.2. The summed E-state index contributed by atoms with van der Waals surface area (Å²) in [5.74, 6) is 0.618. The quantitative estimate of drug-likeness (QED) is 0.569. The Morgan fingerprint density at radius 1 is 1.06 bits per heavy atom. The van der Waals surface area contributed by atoms with E-state index in [4.69, 9.17) is 0 Å². The summed E-state index contributed by atoms with van der Waals surface area (Å²) in [5, 5.41) is 3.27. The lowest BCUT2D eigenvalue weighted by Crippen LogP contribution is -2.38. The van der Waals surface area contributed by atoms with Crippen molar-refractivity contribution in [3.05, 3.63) is 0 Å². The van der Waals surface area contributed by atoms with Gasteiger partial charge in [-0.2, -0.15) is 0 Å². The molecular weight excluding hydrogens is 248 g/mol. The molecule has 0 amide bonds. The first-order valence-electron chi connectivity index (χ1n) is 7.13.